The summed E-state index contributed by atoms with van der Waals surface area (Å²) >= 11 is 0. The topological polar surface area (TPSA) is 155 Å². The summed E-state index contributed by atoms with van der Waals surface area (Å²) < 4.78 is 39.7. The molecule has 0 amide bonds. The van der Waals surface area contributed by atoms with E-state index in [0.29, 0.717) is 19.3 Å². The average Bonchev–Trinajstić information content (AvgIpc) is 3.43. The van der Waals surface area contributed by atoms with Crippen molar-refractivity contribution >= 4 is 25.7 Å². The highest BCUT2D eigenvalue weighted by Crippen LogP contribution is 2.43. The second-order valence-corrected chi connectivity index (χ2v) is 23.7. The van der Waals surface area contributed by atoms with Crippen LogP contribution in [0.3, 0.4) is 0 Å². The summed E-state index contributed by atoms with van der Waals surface area (Å²) in [6.45, 7) is 4.68. The number of hydrogen-bond acceptors (Lipinski definition) is 10. The number of carbonyl (C=O) groups excluding carboxylic acids is 3. The number of phosphoric ester groups is 1. The van der Waals surface area contributed by atoms with Gasteiger partial charge in [0.05, 0.1) is 19.8 Å². The van der Waals surface area contributed by atoms with Crippen molar-refractivity contribution in [3.63, 3.8) is 0 Å². The molecule has 0 aromatic rings. The van der Waals surface area contributed by atoms with Gasteiger partial charge in [-0.15, -0.1) is 0 Å². The number of carbonyl (C=O) groups is 3. The molecule has 0 bridgehead atoms. The Morgan fingerprint density at radius 1 is 0.359 bits per heavy atom. The SMILES string of the molecule is CCCCC/C=C\C/C=C\CCCCCCCCCCCC(=O)OC(COC(=O)CCCCCCCCCCC/C=C\CCCCCCCC)COP(=O)(O)OCC(CO)OC(=O)CCCCCCCCCCCCCCC. The molecule has 3 unspecified atom stereocenters. The predicted molar refractivity (Wildman–Crippen MR) is 326 cm³/mol. The molecule has 0 rings (SSSR count). The Hall–Kier alpha value is -2.30. The molecular weight excluding hydrogens is 1000 g/mol. The molecule has 0 aromatic carbocycles. The number of allylic oxidation sites excluding steroid dienone is 6. The van der Waals surface area contributed by atoms with Crippen LogP contribution in [0, 0.1) is 0 Å². The first-order valence-electron chi connectivity index (χ1n) is 32.9. The van der Waals surface area contributed by atoms with E-state index in [9.17, 15) is 28.9 Å². The third kappa shape index (κ3) is 58.4. The minimum Gasteiger partial charge on any atom is -0.462 e. The molecule has 0 heterocycles. The highest BCUT2D eigenvalue weighted by Gasteiger charge is 2.28. The Morgan fingerprint density at radius 2 is 0.628 bits per heavy atom. The molecular formula is C66H123O11P. The molecule has 3 atom stereocenters. The van der Waals surface area contributed by atoms with Crippen LogP contribution in [-0.4, -0.2) is 66.5 Å². The first-order valence-corrected chi connectivity index (χ1v) is 34.4. The maximum Gasteiger partial charge on any atom is 0.472 e. The number of rotatable bonds is 62. The average molecular weight is 1120 g/mol. The first-order chi connectivity index (χ1) is 38.2. The molecule has 0 aliphatic heterocycles. The minimum absolute atomic E-state index is 0.166. The van der Waals surface area contributed by atoms with Gasteiger partial charge < -0.3 is 24.2 Å². The molecule has 2 N–H and O–H groups in total. The fraction of sp³-hybridized carbons (Fsp3) is 0.864. The summed E-state index contributed by atoms with van der Waals surface area (Å²) in [5.74, 6) is -1.44. The lowest BCUT2D eigenvalue weighted by Gasteiger charge is -2.21. The summed E-state index contributed by atoms with van der Waals surface area (Å²) in [6.07, 6.45) is 65.2. The monoisotopic (exact) mass is 1120 g/mol. The summed E-state index contributed by atoms with van der Waals surface area (Å²) in [5.41, 5.74) is 0. The van der Waals surface area contributed by atoms with Crippen molar-refractivity contribution in [2.24, 2.45) is 0 Å². The zero-order valence-corrected chi connectivity index (χ0v) is 51.8. The Labute approximate surface area is 480 Å². The quantitative estimate of drug-likeness (QED) is 0.0197. The summed E-state index contributed by atoms with van der Waals surface area (Å²) in [4.78, 5) is 48.8. The van der Waals surface area contributed by atoms with Crippen LogP contribution in [0.25, 0.3) is 0 Å². The van der Waals surface area contributed by atoms with Gasteiger partial charge in [0.15, 0.2) is 6.10 Å². The second-order valence-electron chi connectivity index (χ2n) is 22.3. The van der Waals surface area contributed by atoms with E-state index in [0.717, 1.165) is 70.6 Å². The predicted octanol–water partition coefficient (Wildman–Crippen LogP) is 19.9. The number of ether oxygens (including phenoxy) is 3. The highest BCUT2D eigenvalue weighted by atomic mass is 31.2. The molecule has 458 valence electrons. The molecule has 78 heavy (non-hydrogen) atoms. The van der Waals surface area contributed by atoms with Crippen LogP contribution in [-0.2, 0) is 42.2 Å². The summed E-state index contributed by atoms with van der Waals surface area (Å²) in [6, 6.07) is 0. The van der Waals surface area contributed by atoms with Gasteiger partial charge in [0.25, 0.3) is 0 Å². The van der Waals surface area contributed by atoms with Gasteiger partial charge in [-0.3, -0.25) is 23.4 Å². The minimum atomic E-state index is -4.75. The molecule has 0 saturated heterocycles. The van der Waals surface area contributed by atoms with E-state index in [4.69, 9.17) is 23.3 Å². The molecule has 12 heteroatoms. The third-order valence-electron chi connectivity index (χ3n) is 14.5. The number of aliphatic hydroxyl groups is 1. The van der Waals surface area contributed by atoms with Gasteiger partial charge in [-0.25, -0.2) is 4.57 Å². The molecule has 0 radical (unpaired) electrons. The number of phosphoric acid groups is 1. The number of hydrogen-bond donors (Lipinski definition) is 2. The first kappa shape index (κ1) is 75.7. The maximum absolute atomic E-state index is 13.0. The Morgan fingerprint density at radius 3 is 0.987 bits per heavy atom. The van der Waals surface area contributed by atoms with Crippen molar-refractivity contribution in [1.82, 2.24) is 0 Å². The molecule has 0 spiro atoms. The molecule has 0 fully saturated rings. The van der Waals surface area contributed by atoms with Crippen molar-refractivity contribution in [1.29, 1.82) is 0 Å². The van der Waals surface area contributed by atoms with E-state index in [-0.39, 0.29) is 25.9 Å². The molecule has 0 aliphatic carbocycles. The fourth-order valence-corrected chi connectivity index (χ4v) is 10.3. The number of unbranched alkanes of at least 4 members (excludes halogenated alkanes) is 39. The summed E-state index contributed by atoms with van der Waals surface area (Å²) in [7, 11) is -4.75. The van der Waals surface area contributed by atoms with Crippen molar-refractivity contribution in [3.05, 3.63) is 36.5 Å². The van der Waals surface area contributed by atoms with Gasteiger partial charge in [-0.1, -0.05) is 269 Å². The van der Waals surface area contributed by atoms with Crippen molar-refractivity contribution < 1.29 is 52.2 Å². The summed E-state index contributed by atoms with van der Waals surface area (Å²) in [5, 5.41) is 9.84. The highest BCUT2D eigenvalue weighted by molar-refractivity contribution is 7.47. The normalized spacial score (nSPS) is 13.4. The van der Waals surface area contributed by atoms with Crippen molar-refractivity contribution in [3.8, 4) is 0 Å². The second kappa shape index (κ2) is 60.8. The fourth-order valence-electron chi connectivity index (χ4n) is 9.50. The van der Waals surface area contributed by atoms with E-state index in [1.807, 2.05) is 0 Å². The van der Waals surface area contributed by atoms with Gasteiger partial charge in [-0.2, -0.15) is 0 Å². The molecule has 0 aromatic heterocycles. The zero-order chi connectivity index (χ0) is 56.9. The molecule has 0 aliphatic rings. The standard InChI is InChI=1S/C66H123O11P/c1-4-7-10-13-16-19-22-25-27-29-31-33-35-38-40-43-46-49-52-55-64(68)73-59-63(77-66(70)57-54-51-48-45-42-39-36-34-32-30-28-26-23-20-17-14-11-8-5-2)61-75-78(71,72)74-60-62(58-67)76-65(69)56-53-50-47-44-41-37-24-21-18-15-12-9-6-3/h17,20,25-28,62-63,67H,4-16,18-19,21-24,29-61H2,1-3H3,(H,71,72)/b20-17-,27-25-,28-26-. The van der Waals surface area contributed by atoms with E-state index >= 15 is 0 Å². The Kier molecular flexibility index (Phi) is 59.0. The lowest BCUT2D eigenvalue weighted by molar-refractivity contribution is -0.161. The largest absolute Gasteiger partial charge is 0.472 e. The Balaban J connectivity index is 4.67. The van der Waals surface area contributed by atoms with E-state index in [1.165, 1.54) is 199 Å². The van der Waals surface area contributed by atoms with Crippen LogP contribution in [0.4, 0.5) is 0 Å². The van der Waals surface area contributed by atoms with Crippen LogP contribution in [0.1, 0.15) is 329 Å². The van der Waals surface area contributed by atoms with Crippen LogP contribution < -0.4 is 0 Å². The third-order valence-corrected chi connectivity index (χ3v) is 15.5. The lowest BCUT2D eigenvalue weighted by Crippen LogP contribution is -2.30. The van der Waals surface area contributed by atoms with Gasteiger partial charge in [0.2, 0.25) is 0 Å². The van der Waals surface area contributed by atoms with Gasteiger partial charge in [-0.05, 0) is 77.0 Å². The zero-order valence-electron chi connectivity index (χ0n) is 50.9. The van der Waals surface area contributed by atoms with E-state index < -0.39 is 57.8 Å². The molecule has 11 nitrogen and oxygen atoms in total. The van der Waals surface area contributed by atoms with E-state index in [2.05, 4.69) is 57.2 Å². The van der Waals surface area contributed by atoms with Gasteiger partial charge in [0, 0.05) is 19.3 Å². The smallest absolute Gasteiger partial charge is 0.462 e. The van der Waals surface area contributed by atoms with Crippen molar-refractivity contribution in [2.45, 2.75) is 341 Å². The number of esters is 3. The van der Waals surface area contributed by atoms with Crippen LogP contribution >= 0.6 is 7.82 Å². The van der Waals surface area contributed by atoms with Gasteiger partial charge in [0.1, 0.15) is 12.7 Å². The van der Waals surface area contributed by atoms with Crippen LogP contribution in [0.5, 0.6) is 0 Å². The maximum atomic E-state index is 13.0. The van der Waals surface area contributed by atoms with Crippen LogP contribution in [0.15, 0.2) is 36.5 Å². The van der Waals surface area contributed by atoms with E-state index in [1.54, 1.807) is 0 Å². The van der Waals surface area contributed by atoms with Gasteiger partial charge >= 0.3 is 25.7 Å². The molecule has 0 saturated carbocycles. The number of aliphatic hydroxyl groups excluding tert-OH is 1. The van der Waals surface area contributed by atoms with Crippen LogP contribution in [0.2, 0.25) is 0 Å². The lowest BCUT2D eigenvalue weighted by atomic mass is 10.0. The Bertz CT molecular complexity index is 1450. The van der Waals surface area contributed by atoms with Crippen molar-refractivity contribution in [2.75, 3.05) is 26.4 Å².